The van der Waals surface area contributed by atoms with Crippen molar-refractivity contribution in [2.45, 2.75) is 294 Å². The fourth-order valence-electron chi connectivity index (χ4n) is 13.6. The number of thioether (sulfide) groups is 1. The maximum atomic E-state index is 14.3. The van der Waals surface area contributed by atoms with E-state index < -0.39 is 303 Å². The van der Waals surface area contributed by atoms with E-state index in [-0.39, 0.29) is 95.5 Å². The molecular formula is C80H137N21O27S. The highest BCUT2D eigenvalue weighted by molar-refractivity contribution is 7.98. The summed E-state index contributed by atoms with van der Waals surface area (Å²) in [6.45, 7) is 12.9. The Labute approximate surface area is 752 Å². The smallest absolute Gasteiger partial charge is 0.326 e. The number of primary amides is 2. The van der Waals surface area contributed by atoms with Crippen LogP contribution in [0.5, 0.6) is 0 Å². The van der Waals surface area contributed by atoms with Crippen molar-refractivity contribution in [1.29, 1.82) is 0 Å². The SMILES string of the molecule is CC[C@H](C)[C@H](NC(=O)[C@H](C)NC(=O)[C@@H]1CCCN1C(=O)[C@H](CO)NC(=O)[C@H](CCC(N)=O)NC(=O)[C@@H](NC(=O)[C@H](CC(C)C)NC(=O)[C@@H](NC(=O)[C@@H](NC(=O)[C@@H](N)CCC(N)=O)[C@@H](C)CC)C(C)C)[C@@H](C)O)C(=O)N[C@@H](CCSC)C(=O)N[C@@H](CO)C(=O)N[C@@H](C)C(=O)N[C@@H](CO)C(=O)N1CCC[C@H]1C(=O)NCC(=O)N[C@@H](CCC(=O)O)C(=O)N[C@@H](CCCCN)C(=O)O. The highest BCUT2D eigenvalue weighted by atomic mass is 32.2. The van der Waals surface area contributed by atoms with Crippen LogP contribution in [0, 0.1) is 23.7 Å². The number of aliphatic hydroxyl groups excluding tert-OH is 4. The van der Waals surface area contributed by atoms with E-state index in [1.807, 2.05) is 0 Å². The first-order valence-corrected chi connectivity index (χ1v) is 44.6. The topological polar surface area (TPSA) is 771 Å². The second kappa shape index (κ2) is 57.8. The Bertz CT molecular complexity index is 3860. The fourth-order valence-corrected chi connectivity index (χ4v) is 14.1. The minimum absolute atomic E-state index is 0.0104. The molecule has 0 aromatic heterocycles. The molecule has 0 aromatic carbocycles. The van der Waals surface area contributed by atoms with Crippen LogP contribution >= 0.6 is 11.8 Å². The normalized spacial score (nSPS) is 17.8. The van der Waals surface area contributed by atoms with Gasteiger partial charge in [-0.1, -0.05) is 68.2 Å². The predicted octanol–water partition coefficient (Wildman–Crippen LogP) is -9.25. The summed E-state index contributed by atoms with van der Waals surface area (Å²) in [7, 11) is 0. The van der Waals surface area contributed by atoms with Gasteiger partial charge in [0.15, 0.2) is 0 Å². The Balaban J connectivity index is 2.23. The number of nitrogens with zero attached hydrogens (tertiary/aromatic N) is 2. The van der Waals surface area contributed by atoms with Crippen LogP contribution in [0.1, 0.15) is 185 Å². The van der Waals surface area contributed by atoms with Crippen LogP contribution in [-0.4, -0.2) is 331 Å². The number of aliphatic hydroxyl groups is 4. The largest absolute Gasteiger partial charge is 0.481 e. The molecule has 49 heteroatoms. The molecule has 19 amide bonds. The molecule has 2 heterocycles. The molecule has 2 fully saturated rings. The summed E-state index contributed by atoms with van der Waals surface area (Å²) in [6, 6.07) is -25.7. The Kier molecular flexibility index (Phi) is 51.1. The van der Waals surface area contributed by atoms with E-state index in [9.17, 15) is 131 Å². The van der Waals surface area contributed by atoms with Crippen molar-refractivity contribution < 1.29 is 131 Å². The number of carbonyl (C=O) groups is 21. The van der Waals surface area contributed by atoms with Crippen LogP contribution in [0.2, 0.25) is 0 Å². The molecule has 0 spiro atoms. The fraction of sp³-hybridized carbons (Fsp3) is 0.738. The average Bonchev–Trinajstić information content (AvgIpc) is 1.71. The van der Waals surface area contributed by atoms with Gasteiger partial charge in [0.05, 0.1) is 38.5 Å². The maximum Gasteiger partial charge on any atom is 0.326 e. The van der Waals surface area contributed by atoms with Crippen LogP contribution in [-0.2, 0) is 101 Å². The van der Waals surface area contributed by atoms with Gasteiger partial charge in [0.25, 0.3) is 0 Å². The number of carbonyl (C=O) groups excluding carboxylic acids is 19. The lowest BCUT2D eigenvalue weighted by molar-refractivity contribution is -0.143. The van der Waals surface area contributed by atoms with Gasteiger partial charge in [-0.25, -0.2) is 4.79 Å². The van der Waals surface area contributed by atoms with E-state index in [2.05, 4.69) is 79.8 Å². The summed E-state index contributed by atoms with van der Waals surface area (Å²) in [4.78, 5) is 284. The van der Waals surface area contributed by atoms with Gasteiger partial charge >= 0.3 is 11.9 Å². The number of amides is 19. The molecule has 0 aliphatic carbocycles. The van der Waals surface area contributed by atoms with Crippen molar-refractivity contribution in [3.8, 4) is 0 Å². The van der Waals surface area contributed by atoms with Crippen molar-refractivity contribution in [2.24, 2.45) is 46.6 Å². The molecule has 0 saturated carbocycles. The lowest BCUT2D eigenvalue weighted by Gasteiger charge is -2.31. The molecule has 0 aromatic rings. The molecule has 2 aliphatic rings. The Morgan fingerprint density at radius 2 is 0.814 bits per heavy atom. The summed E-state index contributed by atoms with van der Waals surface area (Å²) in [5.74, 6) is -23.0. The predicted molar refractivity (Wildman–Crippen MR) is 462 cm³/mol. The van der Waals surface area contributed by atoms with E-state index >= 15 is 0 Å². The van der Waals surface area contributed by atoms with Gasteiger partial charge in [0, 0.05) is 32.4 Å². The third kappa shape index (κ3) is 38.7. The average molecular weight is 1860 g/mol. The number of rotatable bonds is 60. The van der Waals surface area contributed by atoms with Crippen LogP contribution in [0.4, 0.5) is 0 Å². The lowest BCUT2D eigenvalue weighted by Crippen LogP contribution is -2.63. The molecule has 2 saturated heterocycles. The van der Waals surface area contributed by atoms with Crippen molar-refractivity contribution in [1.82, 2.24) is 89.6 Å². The number of nitrogens with two attached hydrogens (primary N) is 4. The minimum Gasteiger partial charge on any atom is -0.481 e. The Hall–Kier alpha value is -11.0. The number of unbranched alkanes of at least 4 members (excludes halogenated alkanes) is 1. The van der Waals surface area contributed by atoms with Gasteiger partial charge < -0.3 is 143 Å². The van der Waals surface area contributed by atoms with Gasteiger partial charge in [0.1, 0.15) is 96.7 Å². The summed E-state index contributed by atoms with van der Waals surface area (Å²) in [5.41, 5.74) is 22.1. The second-order valence-corrected chi connectivity index (χ2v) is 33.9. The van der Waals surface area contributed by atoms with Crippen molar-refractivity contribution in [3.63, 3.8) is 0 Å². The zero-order valence-electron chi connectivity index (χ0n) is 75.2. The molecule has 0 unspecified atom stereocenters. The molecule has 2 rings (SSSR count). The standard InChI is InChI=1S/C80H137N21O27S/c1-13-40(7)61(75(122)90-48(28-32-129-12)69(116)93-51(35-102)71(118)86-42(9)64(111)94-52(36-103)78(125)100-30-17-20-54(100)72(119)85-34-58(108)88-46(24-27-59(109)110)67(114)91-49(80(127)128)19-15-16-29-81)97-65(112)43(10)87-73(120)55-21-18-31-101(55)79(126)53(37-104)95-68(115)47(23-26-57(84)107)89-77(124)63(44(11)105)99-70(117)50(33-38(3)4)92-74(121)60(39(5)6)96-76(123)62(41(8)14-2)98-66(113)45(82)22-25-56(83)106/h38-55,60-63,102-105H,13-37,81-82H2,1-12H3,(H2,83,106)(H2,84,107)(H,85,119)(H,86,118)(H,87,120)(H,88,108)(H,89,124)(H,90,122)(H,91,114)(H,92,121)(H,93,116)(H,94,111)(H,95,115)(H,96,123)(H,97,112)(H,98,113)(H,99,117)(H,109,110)(H,127,128)/t40-,41-,42-,43-,44+,45-,46-,47-,48-,49-,50-,51-,52-,53-,54-,55-,60-,61-,62-,63-/m0/s1. The number of carboxylic acid groups (broad SMARTS) is 2. The van der Waals surface area contributed by atoms with E-state index in [0.29, 0.717) is 19.3 Å². The van der Waals surface area contributed by atoms with Crippen LogP contribution in [0.25, 0.3) is 0 Å². The number of hydrogen-bond acceptors (Lipinski definition) is 28. The molecule has 0 radical (unpaired) electrons. The van der Waals surface area contributed by atoms with Crippen molar-refractivity contribution >= 4 is 136 Å². The van der Waals surface area contributed by atoms with Gasteiger partial charge in [0.2, 0.25) is 112 Å². The van der Waals surface area contributed by atoms with Gasteiger partial charge in [-0.15, -0.1) is 0 Å². The number of likely N-dealkylation sites (tertiary alicyclic amines) is 2. The van der Waals surface area contributed by atoms with E-state index in [4.69, 9.17) is 22.9 Å². The molecule has 48 nitrogen and oxygen atoms in total. The first-order chi connectivity index (χ1) is 60.6. The number of carboxylic acids is 2. The number of aliphatic carboxylic acids is 2. The number of hydrogen-bond donors (Lipinski definition) is 25. The highest BCUT2D eigenvalue weighted by Crippen LogP contribution is 2.23. The maximum absolute atomic E-state index is 14.3. The molecule has 129 heavy (non-hydrogen) atoms. The van der Waals surface area contributed by atoms with Crippen LogP contribution in [0.3, 0.4) is 0 Å². The summed E-state index contributed by atoms with van der Waals surface area (Å²) >= 11 is 1.26. The lowest BCUT2D eigenvalue weighted by atomic mass is 9.95. The molecule has 0 bridgehead atoms. The third-order valence-electron chi connectivity index (χ3n) is 21.7. The highest BCUT2D eigenvalue weighted by Gasteiger charge is 2.44. The van der Waals surface area contributed by atoms with Crippen LogP contribution < -0.4 is 103 Å². The molecule has 730 valence electrons. The van der Waals surface area contributed by atoms with Gasteiger partial charge in [-0.3, -0.25) is 95.9 Å². The van der Waals surface area contributed by atoms with Crippen LogP contribution in [0.15, 0.2) is 0 Å². The van der Waals surface area contributed by atoms with Crippen molar-refractivity contribution in [3.05, 3.63) is 0 Å². The van der Waals surface area contributed by atoms with Gasteiger partial charge in [-0.2, -0.15) is 11.8 Å². The monoisotopic (exact) mass is 1860 g/mol. The zero-order chi connectivity index (χ0) is 98.0. The summed E-state index contributed by atoms with van der Waals surface area (Å²) in [6.07, 6.45) is -0.879. The first-order valence-electron chi connectivity index (χ1n) is 43.2. The molecule has 2 aliphatic heterocycles. The first kappa shape index (κ1) is 114. The van der Waals surface area contributed by atoms with E-state index in [1.54, 1.807) is 61.6 Å². The molecule has 20 atom stereocenters. The second-order valence-electron chi connectivity index (χ2n) is 32.9. The zero-order valence-corrected chi connectivity index (χ0v) is 76.1. The van der Waals surface area contributed by atoms with E-state index in [1.165, 1.54) is 18.7 Å². The summed E-state index contributed by atoms with van der Waals surface area (Å²) in [5, 5.41) is 97.5. The third-order valence-corrected chi connectivity index (χ3v) is 22.3. The summed E-state index contributed by atoms with van der Waals surface area (Å²) < 4.78 is 0. The molecule has 29 N–H and O–H groups in total. The molecular weight excluding hydrogens is 1720 g/mol. The minimum atomic E-state index is -1.89. The van der Waals surface area contributed by atoms with Crippen molar-refractivity contribution in [2.75, 3.05) is 58.0 Å². The quantitative estimate of drug-likeness (QED) is 0.0252. The number of nitrogens with one attached hydrogen (secondary N) is 15. The van der Waals surface area contributed by atoms with Gasteiger partial charge in [-0.05, 0) is 140 Å². The Morgan fingerprint density at radius 3 is 1.29 bits per heavy atom. The Morgan fingerprint density at radius 1 is 0.419 bits per heavy atom. The van der Waals surface area contributed by atoms with E-state index in [0.717, 1.165) is 23.6 Å².